The number of benzene rings is 1. The maximum atomic E-state index is 11.6. The Balaban J connectivity index is 1.93. The molecule has 0 saturated carbocycles. The van der Waals surface area contributed by atoms with E-state index < -0.39 is 0 Å². The molecule has 0 amide bonds. The summed E-state index contributed by atoms with van der Waals surface area (Å²) in [5.74, 6) is 0.197. The van der Waals surface area contributed by atoms with Crippen LogP contribution >= 0.6 is 11.3 Å². The smallest absolute Gasteiger partial charge is 0.335 e. The van der Waals surface area contributed by atoms with Gasteiger partial charge in [-0.05, 0) is 37.1 Å². The lowest BCUT2D eigenvalue weighted by molar-refractivity contribution is -0.129. The Bertz CT molecular complexity index is 662. The number of hydrogen-bond acceptors (Lipinski definition) is 5. The zero-order valence-electron chi connectivity index (χ0n) is 14.3. The van der Waals surface area contributed by atoms with Crippen LogP contribution in [0.5, 0.6) is 5.75 Å². The van der Waals surface area contributed by atoms with Crippen molar-refractivity contribution in [2.75, 3.05) is 0 Å². The monoisotopic (exact) mass is 344 g/mol. The van der Waals surface area contributed by atoms with Crippen LogP contribution in [0.25, 0.3) is 10.6 Å². The van der Waals surface area contributed by atoms with Crippen molar-refractivity contribution in [1.29, 1.82) is 0 Å². The van der Waals surface area contributed by atoms with Crippen molar-refractivity contribution in [2.45, 2.75) is 52.4 Å². The third-order valence-corrected chi connectivity index (χ3v) is 4.52. The van der Waals surface area contributed by atoms with Gasteiger partial charge < -0.3 is 4.74 Å². The Kier molecular flexibility index (Phi) is 7.62. The van der Waals surface area contributed by atoms with Crippen molar-refractivity contribution in [2.24, 2.45) is 0 Å². The lowest BCUT2D eigenvalue weighted by Gasteiger charge is -2.02. The second-order valence-electron chi connectivity index (χ2n) is 5.59. The average molecular weight is 344 g/mol. The molecule has 4 nitrogen and oxygen atoms in total. The zero-order chi connectivity index (χ0) is 17.2. The normalized spacial score (nSPS) is 11.1. The molecule has 0 spiro atoms. The third kappa shape index (κ3) is 5.89. The molecule has 2 rings (SSSR count). The van der Waals surface area contributed by atoms with Crippen molar-refractivity contribution in [3.8, 4) is 16.3 Å². The van der Waals surface area contributed by atoms with Crippen LogP contribution in [0.3, 0.4) is 0 Å². The predicted molar refractivity (Wildman–Crippen MR) is 98.3 cm³/mol. The quantitative estimate of drug-likeness (QED) is 0.271. The fraction of sp³-hybridized carbons (Fsp3) is 0.421. The van der Waals surface area contributed by atoms with Gasteiger partial charge >= 0.3 is 5.97 Å². The number of rotatable bonds is 9. The number of carbonyl (C=O) groups excluding carboxylic acids is 1. The van der Waals surface area contributed by atoms with Gasteiger partial charge in [-0.15, -0.1) is 10.2 Å². The van der Waals surface area contributed by atoms with E-state index in [0.29, 0.717) is 5.75 Å². The minimum Gasteiger partial charge on any atom is -0.423 e. The Morgan fingerprint density at radius 2 is 1.92 bits per heavy atom. The molecular weight excluding hydrogens is 320 g/mol. The van der Waals surface area contributed by atoms with Crippen molar-refractivity contribution < 1.29 is 9.53 Å². The number of aryl methyl sites for hydroxylation is 1. The van der Waals surface area contributed by atoms with E-state index in [-0.39, 0.29) is 5.97 Å². The van der Waals surface area contributed by atoms with Crippen LogP contribution in [0.1, 0.15) is 51.0 Å². The highest BCUT2D eigenvalue weighted by Crippen LogP contribution is 2.26. The summed E-state index contributed by atoms with van der Waals surface area (Å²) in [6, 6.07) is 7.40. The van der Waals surface area contributed by atoms with Crippen LogP contribution in [-0.2, 0) is 11.2 Å². The molecule has 24 heavy (non-hydrogen) atoms. The van der Waals surface area contributed by atoms with Gasteiger partial charge in [0.2, 0.25) is 0 Å². The van der Waals surface area contributed by atoms with Gasteiger partial charge in [-0.1, -0.05) is 50.5 Å². The molecule has 0 atom stereocenters. The van der Waals surface area contributed by atoms with Crippen LogP contribution in [0.15, 0.2) is 36.4 Å². The molecule has 1 aromatic carbocycles. The van der Waals surface area contributed by atoms with Gasteiger partial charge in [0.15, 0.2) is 0 Å². The Hall–Kier alpha value is -2.01. The summed E-state index contributed by atoms with van der Waals surface area (Å²) in [4.78, 5) is 11.6. The highest BCUT2D eigenvalue weighted by atomic mass is 32.1. The molecule has 0 aliphatic rings. The Morgan fingerprint density at radius 1 is 1.12 bits per heavy atom. The molecule has 0 aliphatic carbocycles. The largest absolute Gasteiger partial charge is 0.423 e. The number of hydrogen-bond donors (Lipinski definition) is 0. The molecule has 1 heterocycles. The van der Waals surface area contributed by atoms with Crippen LogP contribution in [0.4, 0.5) is 0 Å². The fourth-order valence-corrected chi connectivity index (χ4v) is 3.05. The Morgan fingerprint density at radius 3 is 2.62 bits per heavy atom. The van der Waals surface area contributed by atoms with Crippen LogP contribution in [-0.4, -0.2) is 16.2 Å². The van der Waals surface area contributed by atoms with Crippen LogP contribution in [0.2, 0.25) is 0 Å². The number of ether oxygens (including phenoxy) is 1. The predicted octanol–water partition coefficient (Wildman–Crippen LogP) is 5.20. The minimum absolute atomic E-state index is 0.342. The van der Waals surface area contributed by atoms with E-state index in [4.69, 9.17) is 4.74 Å². The van der Waals surface area contributed by atoms with Crippen molar-refractivity contribution in [1.82, 2.24) is 10.2 Å². The maximum absolute atomic E-state index is 11.6. The van der Waals surface area contributed by atoms with Crippen molar-refractivity contribution in [3.05, 3.63) is 41.4 Å². The summed E-state index contributed by atoms with van der Waals surface area (Å²) < 4.78 is 5.26. The molecule has 0 bridgehead atoms. The van der Waals surface area contributed by atoms with E-state index in [1.54, 1.807) is 23.5 Å². The first kappa shape index (κ1) is 18.3. The van der Waals surface area contributed by atoms with Gasteiger partial charge in [0.25, 0.3) is 0 Å². The number of nitrogens with zero attached hydrogens (tertiary/aromatic N) is 2. The van der Waals surface area contributed by atoms with Gasteiger partial charge in [-0.25, -0.2) is 4.79 Å². The molecule has 5 heteroatoms. The fourth-order valence-electron chi connectivity index (χ4n) is 2.16. The van der Waals surface area contributed by atoms with Gasteiger partial charge in [0.05, 0.1) is 0 Å². The molecule has 0 unspecified atom stereocenters. The summed E-state index contributed by atoms with van der Waals surface area (Å²) in [7, 11) is 0. The first-order chi connectivity index (χ1) is 11.7. The van der Waals surface area contributed by atoms with E-state index in [2.05, 4.69) is 24.0 Å². The highest BCUT2D eigenvalue weighted by Gasteiger charge is 2.07. The molecule has 0 radical (unpaired) electrons. The van der Waals surface area contributed by atoms with Crippen molar-refractivity contribution in [3.63, 3.8) is 0 Å². The molecule has 0 saturated heterocycles. The number of esters is 1. The topological polar surface area (TPSA) is 52.1 Å². The minimum atomic E-state index is -0.342. The van der Waals surface area contributed by atoms with E-state index in [9.17, 15) is 4.79 Å². The zero-order valence-corrected chi connectivity index (χ0v) is 15.1. The molecule has 1 aromatic heterocycles. The SMILES string of the molecule is CCC/C=C/C(=O)Oc1ccc(-c2nnc(CCCCC)s2)cc1. The summed E-state index contributed by atoms with van der Waals surface area (Å²) in [6.45, 7) is 4.26. The van der Waals surface area contributed by atoms with Crippen LogP contribution in [0, 0.1) is 0 Å². The molecule has 2 aromatic rings. The second-order valence-corrected chi connectivity index (χ2v) is 6.66. The number of unbranched alkanes of at least 4 members (excludes halogenated alkanes) is 3. The summed E-state index contributed by atoms with van der Waals surface area (Å²) in [6.07, 6.45) is 9.78. The van der Waals surface area contributed by atoms with E-state index in [1.807, 2.05) is 18.2 Å². The van der Waals surface area contributed by atoms with Crippen LogP contribution < -0.4 is 4.74 Å². The van der Waals surface area contributed by atoms with E-state index >= 15 is 0 Å². The Labute approximate surface area is 147 Å². The van der Waals surface area contributed by atoms with E-state index in [1.165, 1.54) is 18.9 Å². The molecule has 0 fully saturated rings. The molecule has 128 valence electrons. The molecular formula is C19H24N2O2S. The highest BCUT2D eigenvalue weighted by molar-refractivity contribution is 7.14. The summed E-state index contributed by atoms with van der Waals surface area (Å²) in [5, 5.41) is 10.5. The molecule has 0 aliphatic heterocycles. The second kappa shape index (κ2) is 9.98. The van der Waals surface area contributed by atoms with Crippen molar-refractivity contribution >= 4 is 17.3 Å². The molecule has 0 N–H and O–H groups in total. The van der Waals surface area contributed by atoms with Gasteiger partial charge in [0.1, 0.15) is 15.8 Å². The lowest BCUT2D eigenvalue weighted by atomic mass is 10.2. The number of aromatic nitrogens is 2. The lowest BCUT2D eigenvalue weighted by Crippen LogP contribution is -2.03. The third-order valence-electron chi connectivity index (χ3n) is 3.49. The van der Waals surface area contributed by atoms with Gasteiger partial charge in [0, 0.05) is 18.1 Å². The summed E-state index contributed by atoms with van der Waals surface area (Å²) >= 11 is 1.63. The van der Waals surface area contributed by atoms with E-state index in [0.717, 1.165) is 41.3 Å². The standard InChI is InChI=1S/C19H24N2O2S/c1-3-5-7-9-17-20-21-19(24-17)15-11-13-16(14-12-15)23-18(22)10-8-6-4-2/h8,10-14H,3-7,9H2,1-2H3/b10-8+. The maximum Gasteiger partial charge on any atom is 0.335 e. The average Bonchev–Trinajstić information content (AvgIpc) is 3.05. The van der Waals surface area contributed by atoms with Gasteiger partial charge in [-0.3, -0.25) is 0 Å². The number of allylic oxidation sites excluding steroid dienone is 1. The van der Waals surface area contributed by atoms with Gasteiger partial charge in [-0.2, -0.15) is 0 Å². The number of carbonyl (C=O) groups is 1. The summed E-state index contributed by atoms with van der Waals surface area (Å²) in [5.41, 5.74) is 0.996. The first-order valence-electron chi connectivity index (χ1n) is 8.54. The first-order valence-corrected chi connectivity index (χ1v) is 9.35.